The highest BCUT2D eigenvalue weighted by molar-refractivity contribution is 5.73. The van der Waals surface area contributed by atoms with Crippen LogP contribution in [-0.4, -0.2) is 6.04 Å². The van der Waals surface area contributed by atoms with E-state index >= 15 is 0 Å². The van der Waals surface area contributed by atoms with Gasteiger partial charge in [0.05, 0.1) is 6.04 Å². The zero-order chi connectivity index (χ0) is 26.3. The number of hydrogen-bond acceptors (Lipinski definition) is 3. The van der Waals surface area contributed by atoms with Crippen LogP contribution >= 0.6 is 0 Å². The van der Waals surface area contributed by atoms with Crippen molar-refractivity contribution < 1.29 is 0 Å². The molecular formula is C36H33N3. The number of hydrogen-bond donors (Lipinski definition) is 1. The van der Waals surface area contributed by atoms with E-state index in [0.717, 1.165) is 42.0 Å². The summed E-state index contributed by atoms with van der Waals surface area (Å²) in [6.45, 7) is 0. The van der Waals surface area contributed by atoms with Crippen LogP contribution in [0.25, 0.3) is 0 Å². The summed E-state index contributed by atoms with van der Waals surface area (Å²) in [5.41, 5.74) is 8.04. The monoisotopic (exact) mass is 507 g/mol. The Hall–Kier alpha value is -4.76. The minimum Gasteiger partial charge on any atom is -0.356 e. The number of allylic oxidation sites excluding steroid dienone is 5. The predicted molar refractivity (Wildman–Crippen MR) is 166 cm³/mol. The Morgan fingerprint density at radius 1 is 0.564 bits per heavy atom. The van der Waals surface area contributed by atoms with Crippen LogP contribution in [0, 0.1) is 0 Å². The van der Waals surface area contributed by atoms with E-state index in [2.05, 4.69) is 167 Å². The lowest BCUT2D eigenvalue weighted by Crippen LogP contribution is -2.29. The van der Waals surface area contributed by atoms with Gasteiger partial charge >= 0.3 is 0 Å². The molecule has 0 fully saturated rings. The van der Waals surface area contributed by atoms with Crippen LogP contribution < -0.4 is 15.1 Å². The van der Waals surface area contributed by atoms with Crippen molar-refractivity contribution in [1.29, 1.82) is 0 Å². The molecule has 39 heavy (non-hydrogen) atoms. The molecule has 0 aromatic heterocycles. The summed E-state index contributed by atoms with van der Waals surface area (Å²) < 4.78 is 0. The van der Waals surface area contributed by atoms with Gasteiger partial charge in [-0.1, -0.05) is 72.9 Å². The lowest BCUT2D eigenvalue weighted by atomic mass is 10.0. The second-order valence-electron chi connectivity index (χ2n) is 9.82. The zero-order valence-corrected chi connectivity index (χ0v) is 22.0. The number of anilines is 6. The number of nitrogens with one attached hydrogen (secondary N) is 1. The minimum atomic E-state index is 0.297. The molecule has 0 amide bonds. The highest BCUT2D eigenvalue weighted by Crippen LogP contribution is 2.34. The van der Waals surface area contributed by atoms with Crippen LogP contribution in [0.15, 0.2) is 157 Å². The Bertz CT molecular complexity index is 1480. The van der Waals surface area contributed by atoms with Crippen molar-refractivity contribution in [3.05, 3.63) is 157 Å². The second kappa shape index (κ2) is 11.7. The van der Waals surface area contributed by atoms with E-state index in [0.29, 0.717) is 6.04 Å². The summed E-state index contributed by atoms with van der Waals surface area (Å²) in [5.74, 6) is 0. The molecule has 3 heteroatoms. The van der Waals surface area contributed by atoms with Gasteiger partial charge in [0, 0.05) is 39.8 Å². The van der Waals surface area contributed by atoms with Gasteiger partial charge in [-0.15, -0.1) is 0 Å². The maximum Gasteiger partial charge on any atom is 0.0559 e. The topological polar surface area (TPSA) is 18.5 Å². The molecule has 1 atom stereocenters. The number of nitrogens with zero attached hydrogens (tertiary/aromatic N) is 2. The third-order valence-corrected chi connectivity index (χ3v) is 7.13. The lowest BCUT2D eigenvalue weighted by molar-refractivity contribution is 0.785. The van der Waals surface area contributed by atoms with Crippen LogP contribution in [0.1, 0.15) is 19.3 Å². The van der Waals surface area contributed by atoms with E-state index in [1.165, 1.54) is 17.1 Å². The molecular weight excluding hydrogens is 474 g/mol. The molecule has 0 spiro atoms. The first-order valence-electron chi connectivity index (χ1n) is 13.7. The third kappa shape index (κ3) is 5.73. The molecule has 4 aromatic rings. The van der Waals surface area contributed by atoms with Crippen molar-refractivity contribution >= 4 is 34.1 Å². The van der Waals surface area contributed by atoms with Crippen LogP contribution in [-0.2, 0) is 0 Å². The molecule has 3 nitrogen and oxygen atoms in total. The van der Waals surface area contributed by atoms with Gasteiger partial charge in [0.25, 0.3) is 0 Å². The van der Waals surface area contributed by atoms with Gasteiger partial charge < -0.3 is 15.1 Å². The Balaban J connectivity index is 1.21. The standard InChI is InChI=1S/C36H33N3/c1-5-13-31(14-6-1)38(32-15-7-2-8-16-32)35-25-21-29(22-26-35)37-30-23-27-36(28-24-30)39(33-17-9-3-10-18-33)34-19-11-4-12-20-34/h1-3,5-11,13-15,17-28,32,37H,4,12,16H2. The van der Waals surface area contributed by atoms with Gasteiger partial charge in [0.1, 0.15) is 0 Å². The van der Waals surface area contributed by atoms with Crippen LogP contribution in [0.3, 0.4) is 0 Å². The fraction of sp³-hybridized carbons (Fsp3) is 0.111. The highest BCUT2D eigenvalue weighted by Gasteiger charge is 2.19. The molecule has 1 N–H and O–H groups in total. The van der Waals surface area contributed by atoms with Crippen molar-refractivity contribution in [1.82, 2.24) is 0 Å². The molecule has 0 radical (unpaired) electrons. The van der Waals surface area contributed by atoms with Gasteiger partial charge in [0.15, 0.2) is 0 Å². The van der Waals surface area contributed by atoms with Crippen LogP contribution in [0.4, 0.5) is 34.1 Å². The number of rotatable bonds is 8. The molecule has 0 heterocycles. The summed E-state index contributed by atoms with van der Waals surface area (Å²) >= 11 is 0. The third-order valence-electron chi connectivity index (χ3n) is 7.13. The molecule has 0 saturated carbocycles. The molecule has 4 aromatic carbocycles. The average Bonchev–Trinajstić information content (AvgIpc) is 3.01. The molecule has 6 rings (SSSR count). The molecule has 1 unspecified atom stereocenters. The largest absolute Gasteiger partial charge is 0.356 e. The average molecular weight is 508 g/mol. The normalized spacial score (nSPS) is 16.0. The van der Waals surface area contributed by atoms with Crippen LogP contribution in [0.5, 0.6) is 0 Å². The molecule has 192 valence electrons. The molecule has 0 bridgehead atoms. The fourth-order valence-corrected chi connectivity index (χ4v) is 5.24. The quantitative estimate of drug-likeness (QED) is 0.256. The van der Waals surface area contributed by atoms with Crippen molar-refractivity contribution in [3.63, 3.8) is 0 Å². The maximum atomic E-state index is 3.58. The van der Waals surface area contributed by atoms with Crippen molar-refractivity contribution in [2.45, 2.75) is 25.3 Å². The smallest absolute Gasteiger partial charge is 0.0559 e. The first kappa shape index (κ1) is 24.6. The van der Waals surface area contributed by atoms with E-state index in [4.69, 9.17) is 0 Å². The Morgan fingerprint density at radius 2 is 1.15 bits per heavy atom. The predicted octanol–water partition coefficient (Wildman–Crippen LogP) is 9.82. The summed E-state index contributed by atoms with van der Waals surface area (Å²) in [6.07, 6.45) is 18.7. The molecule has 0 saturated heterocycles. The van der Waals surface area contributed by atoms with E-state index in [1.807, 2.05) is 0 Å². The van der Waals surface area contributed by atoms with E-state index in [1.54, 1.807) is 0 Å². The number of para-hydroxylation sites is 2. The van der Waals surface area contributed by atoms with Crippen LogP contribution in [0.2, 0.25) is 0 Å². The summed E-state index contributed by atoms with van der Waals surface area (Å²) in [7, 11) is 0. The summed E-state index contributed by atoms with van der Waals surface area (Å²) in [4.78, 5) is 4.73. The highest BCUT2D eigenvalue weighted by atomic mass is 15.2. The zero-order valence-electron chi connectivity index (χ0n) is 22.0. The van der Waals surface area contributed by atoms with Crippen molar-refractivity contribution in [3.8, 4) is 0 Å². The molecule has 2 aliphatic carbocycles. The van der Waals surface area contributed by atoms with E-state index < -0.39 is 0 Å². The Morgan fingerprint density at radius 3 is 1.74 bits per heavy atom. The fourth-order valence-electron chi connectivity index (χ4n) is 5.24. The summed E-state index contributed by atoms with van der Waals surface area (Å²) in [6, 6.07) is 38.9. The van der Waals surface area contributed by atoms with Gasteiger partial charge in [-0.3, -0.25) is 0 Å². The molecule has 2 aliphatic rings. The van der Waals surface area contributed by atoms with Crippen molar-refractivity contribution in [2.24, 2.45) is 0 Å². The first-order chi connectivity index (χ1) is 19.3. The Kier molecular flexibility index (Phi) is 7.40. The lowest BCUT2D eigenvalue weighted by Gasteiger charge is -2.32. The van der Waals surface area contributed by atoms with Gasteiger partial charge in [-0.2, -0.15) is 0 Å². The van der Waals surface area contributed by atoms with Gasteiger partial charge in [0.2, 0.25) is 0 Å². The SMILES string of the molecule is C1=CCC(N(c2ccccc2)c2ccc(Nc3ccc(N(C4=CCCC=C4)c4ccccc4)cc3)cc2)C=C1. The molecule has 0 aliphatic heterocycles. The maximum absolute atomic E-state index is 3.58. The number of benzene rings is 4. The van der Waals surface area contributed by atoms with Gasteiger partial charge in [-0.05, 0) is 98.1 Å². The van der Waals surface area contributed by atoms with Crippen molar-refractivity contribution in [2.75, 3.05) is 15.1 Å². The van der Waals surface area contributed by atoms with E-state index in [9.17, 15) is 0 Å². The van der Waals surface area contributed by atoms with Gasteiger partial charge in [-0.25, -0.2) is 0 Å². The Labute approximate surface area is 231 Å². The summed E-state index contributed by atoms with van der Waals surface area (Å²) in [5, 5.41) is 3.58. The van der Waals surface area contributed by atoms with E-state index in [-0.39, 0.29) is 0 Å². The second-order valence-corrected chi connectivity index (χ2v) is 9.82. The minimum absolute atomic E-state index is 0.297. The first-order valence-corrected chi connectivity index (χ1v) is 13.7.